The van der Waals surface area contributed by atoms with Gasteiger partial charge in [-0.05, 0) is 12.3 Å². The zero-order chi connectivity index (χ0) is 17.8. The van der Waals surface area contributed by atoms with Gasteiger partial charge in [0.05, 0.1) is 11.8 Å². The summed E-state index contributed by atoms with van der Waals surface area (Å²) in [5.74, 6) is -3.86. The number of halogens is 3. The van der Waals surface area contributed by atoms with Gasteiger partial charge in [0.2, 0.25) is 11.8 Å². The maximum Gasteiger partial charge on any atom is 0.406 e. The Kier molecular flexibility index (Phi) is 6.40. The molecule has 1 aliphatic rings. The number of rotatable bonds is 7. The van der Waals surface area contributed by atoms with Crippen LogP contribution in [0, 0.1) is 17.8 Å². The Bertz CT molecular complexity index is 465. The number of likely N-dealkylation sites (tertiary alicyclic amines) is 1. The van der Waals surface area contributed by atoms with Crippen molar-refractivity contribution in [1.29, 1.82) is 0 Å². The summed E-state index contributed by atoms with van der Waals surface area (Å²) in [6, 6.07) is 0. The van der Waals surface area contributed by atoms with Gasteiger partial charge < -0.3 is 15.3 Å². The van der Waals surface area contributed by atoms with E-state index in [1.807, 2.05) is 13.8 Å². The van der Waals surface area contributed by atoms with E-state index in [1.165, 1.54) is 0 Å². The third kappa shape index (κ3) is 6.45. The van der Waals surface area contributed by atoms with Crippen molar-refractivity contribution in [1.82, 2.24) is 10.2 Å². The van der Waals surface area contributed by atoms with Crippen LogP contribution in [0.4, 0.5) is 13.2 Å². The normalized spacial score (nSPS) is 20.0. The van der Waals surface area contributed by atoms with Gasteiger partial charge in [-0.3, -0.25) is 14.4 Å². The molecule has 0 saturated carbocycles. The zero-order valence-corrected chi connectivity index (χ0v) is 13.0. The van der Waals surface area contributed by atoms with E-state index in [9.17, 15) is 27.6 Å². The van der Waals surface area contributed by atoms with Gasteiger partial charge in [-0.15, -0.1) is 0 Å². The topological polar surface area (TPSA) is 86.7 Å². The first kappa shape index (κ1) is 19.2. The molecule has 0 unspecified atom stereocenters. The molecule has 0 spiro atoms. The highest BCUT2D eigenvalue weighted by molar-refractivity contribution is 5.89. The predicted molar refractivity (Wildman–Crippen MR) is 74.3 cm³/mol. The van der Waals surface area contributed by atoms with Crippen LogP contribution in [0.2, 0.25) is 0 Å². The second kappa shape index (κ2) is 7.65. The van der Waals surface area contributed by atoms with Gasteiger partial charge in [0, 0.05) is 19.5 Å². The Balaban J connectivity index is 2.52. The molecule has 23 heavy (non-hydrogen) atoms. The van der Waals surface area contributed by atoms with Crippen molar-refractivity contribution in [2.45, 2.75) is 32.9 Å². The SMILES string of the molecule is CC(C)C[C@H](CNC(=O)[C@@H]1CC(=O)N(CC(F)(F)F)C1)C(=O)O. The lowest BCUT2D eigenvalue weighted by Gasteiger charge is -2.19. The predicted octanol–water partition coefficient (Wildman–Crippen LogP) is 1.26. The minimum absolute atomic E-state index is 0.101. The first-order chi connectivity index (χ1) is 10.5. The Hall–Kier alpha value is -1.80. The van der Waals surface area contributed by atoms with E-state index in [-0.39, 0.29) is 25.4 Å². The van der Waals surface area contributed by atoms with E-state index < -0.39 is 42.3 Å². The molecular weight excluding hydrogens is 317 g/mol. The first-order valence-corrected chi connectivity index (χ1v) is 7.34. The van der Waals surface area contributed by atoms with E-state index >= 15 is 0 Å². The fourth-order valence-corrected chi connectivity index (χ4v) is 2.53. The highest BCUT2D eigenvalue weighted by Crippen LogP contribution is 2.24. The maximum absolute atomic E-state index is 12.3. The number of hydrogen-bond acceptors (Lipinski definition) is 3. The van der Waals surface area contributed by atoms with Crippen LogP contribution in [0.1, 0.15) is 26.7 Å². The Morgan fingerprint density at radius 3 is 2.48 bits per heavy atom. The van der Waals surface area contributed by atoms with E-state index in [1.54, 1.807) is 0 Å². The fraction of sp³-hybridized carbons (Fsp3) is 0.786. The van der Waals surface area contributed by atoms with Crippen molar-refractivity contribution in [3.63, 3.8) is 0 Å². The average molecular weight is 338 g/mol. The van der Waals surface area contributed by atoms with Crippen LogP contribution in [0.3, 0.4) is 0 Å². The molecule has 0 radical (unpaired) electrons. The molecule has 0 bridgehead atoms. The molecule has 1 rings (SSSR count). The molecule has 1 fully saturated rings. The van der Waals surface area contributed by atoms with Crippen LogP contribution in [0.5, 0.6) is 0 Å². The molecule has 6 nitrogen and oxygen atoms in total. The Morgan fingerprint density at radius 2 is 2.00 bits per heavy atom. The Morgan fingerprint density at radius 1 is 1.39 bits per heavy atom. The summed E-state index contributed by atoms with van der Waals surface area (Å²) >= 11 is 0. The number of nitrogens with zero attached hydrogens (tertiary/aromatic N) is 1. The summed E-state index contributed by atoms with van der Waals surface area (Å²) in [6.45, 7) is 1.92. The van der Waals surface area contributed by atoms with Gasteiger partial charge in [-0.25, -0.2) is 0 Å². The fourth-order valence-electron chi connectivity index (χ4n) is 2.53. The van der Waals surface area contributed by atoms with Crippen molar-refractivity contribution in [2.75, 3.05) is 19.6 Å². The zero-order valence-electron chi connectivity index (χ0n) is 13.0. The third-order valence-corrected chi connectivity index (χ3v) is 3.58. The molecule has 1 heterocycles. The molecule has 0 aliphatic carbocycles. The number of carbonyl (C=O) groups is 3. The minimum Gasteiger partial charge on any atom is -0.481 e. The van der Waals surface area contributed by atoms with Crippen LogP contribution < -0.4 is 5.32 Å². The highest BCUT2D eigenvalue weighted by Gasteiger charge is 2.40. The molecule has 0 aromatic heterocycles. The summed E-state index contributed by atoms with van der Waals surface area (Å²) in [5, 5.41) is 11.5. The molecule has 2 N–H and O–H groups in total. The molecule has 132 valence electrons. The quantitative estimate of drug-likeness (QED) is 0.732. The number of amides is 2. The second-order valence-electron chi connectivity index (χ2n) is 6.20. The van der Waals surface area contributed by atoms with Gasteiger partial charge in [0.1, 0.15) is 6.54 Å². The van der Waals surface area contributed by atoms with Crippen molar-refractivity contribution >= 4 is 17.8 Å². The minimum atomic E-state index is -4.51. The molecule has 0 aromatic carbocycles. The van der Waals surface area contributed by atoms with E-state index in [2.05, 4.69) is 5.32 Å². The largest absolute Gasteiger partial charge is 0.481 e. The number of carbonyl (C=O) groups excluding carboxylic acids is 2. The summed E-state index contributed by atoms with van der Waals surface area (Å²) < 4.78 is 36.9. The first-order valence-electron chi connectivity index (χ1n) is 7.34. The lowest BCUT2D eigenvalue weighted by molar-refractivity contribution is -0.157. The Labute approximate surface area is 132 Å². The van der Waals surface area contributed by atoms with Crippen molar-refractivity contribution in [3.8, 4) is 0 Å². The van der Waals surface area contributed by atoms with Crippen molar-refractivity contribution < 1.29 is 32.7 Å². The van der Waals surface area contributed by atoms with Crippen LogP contribution in [0.25, 0.3) is 0 Å². The van der Waals surface area contributed by atoms with Crippen LogP contribution in [0.15, 0.2) is 0 Å². The smallest absolute Gasteiger partial charge is 0.406 e. The number of alkyl halides is 3. The summed E-state index contributed by atoms with van der Waals surface area (Å²) in [6.07, 6.45) is -4.42. The molecular formula is C14H21F3N2O4. The number of aliphatic carboxylic acids is 1. The molecule has 1 aliphatic heterocycles. The van der Waals surface area contributed by atoms with E-state index in [0.29, 0.717) is 11.3 Å². The van der Waals surface area contributed by atoms with Crippen LogP contribution >= 0.6 is 0 Å². The highest BCUT2D eigenvalue weighted by atomic mass is 19.4. The van der Waals surface area contributed by atoms with Crippen molar-refractivity contribution in [3.05, 3.63) is 0 Å². The van der Waals surface area contributed by atoms with Crippen LogP contribution in [-0.2, 0) is 14.4 Å². The number of carboxylic acids is 1. The lowest BCUT2D eigenvalue weighted by atomic mass is 9.97. The second-order valence-corrected chi connectivity index (χ2v) is 6.20. The third-order valence-electron chi connectivity index (χ3n) is 3.58. The van der Waals surface area contributed by atoms with Gasteiger partial charge >= 0.3 is 12.1 Å². The van der Waals surface area contributed by atoms with Gasteiger partial charge in [-0.2, -0.15) is 13.2 Å². The van der Waals surface area contributed by atoms with Crippen LogP contribution in [-0.4, -0.2) is 53.6 Å². The summed E-state index contributed by atoms with van der Waals surface area (Å²) in [7, 11) is 0. The van der Waals surface area contributed by atoms with E-state index in [0.717, 1.165) is 0 Å². The molecule has 0 aromatic rings. The lowest BCUT2D eigenvalue weighted by Crippen LogP contribution is -2.39. The maximum atomic E-state index is 12.3. The van der Waals surface area contributed by atoms with Gasteiger partial charge in [0.15, 0.2) is 0 Å². The summed E-state index contributed by atoms with van der Waals surface area (Å²) in [4.78, 5) is 35.2. The van der Waals surface area contributed by atoms with Gasteiger partial charge in [0.25, 0.3) is 0 Å². The molecule has 9 heteroatoms. The number of hydrogen-bond donors (Lipinski definition) is 2. The molecule has 2 amide bonds. The molecule has 2 atom stereocenters. The molecule has 1 saturated heterocycles. The van der Waals surface area contributed by atoms with Gasteiger partial charge in [-0.1, -0.05) is 13.8 Å². The summed E-state index contributed by atoms with van der Waals surface area (Å²) in [5.41, 5.74) is 0. The number of nitrogens with one attached hydrogen (secondary N) is 1. The average Bonchev–Trinajstić information content (AvgIpc) is 2.73. The van der Waals surface area contributed by atoms with Crippen molar-refractivity contribution in [2.24, 2.45) is 17.8 Å². The monoisotopic (exact) mass is 338 g/mol. The number of carboxylic acid groups (broad SMARTS) is 1. The standard InChI is InChI=1S/C14H21F3N2O4/c1-8(2)3-9(13(22)23)5-18-12(21)10-4-11(20)19(6-10)7-14(15,16)17/h8-10H,3-7H2,1-2H3,(H,18,21)(H,22,23)/t9-,10-/m1/s1. The van der Waals surface area contributed by atoms with E-state index in [4.69, 9.17) is 5.11 Å².